The van der Waals surface area contributed by atoms with Crippen LogP contribution in [0.4, 0.5) is 18.9 Å². The van der Waals surface area contributed by atoms with Crippen molar-refractivity contribution in [3.8, 4) is 11.1 Å². The van der Waals surface area contributed by atoms with E-state index in [4.69, 9.17) is 5.73 Å². The van der Waals surface area contributed by atoms with Crippen LogP contribution in [0.25, 0.3) is 22.2 Å². The Morgan fingerprint density at radius 3 is 2.58 bits per heavy atom. The Balaban J connectivity index is 1.63. The number of alkyl halides is 3. The first-order valence-electron chi connectivity index (χ1n) is 9.57. The van der Waals surface area contributed by atoms with E-state index in [2.05, 4.69) is 15.3 Å². The molecule has 5 nitrogen and oxygen atoms in total. The van der Waals surface area contributed by atoms with Gasteiger partial charge in [-0.15, -0.1) is 0 Å². The number of nitrogens with one attached hydrogen (secondary N) is 2. The fraction of sp³-hybridized carbons (Fsp3) is 0.130. The van der Waals surface area contributed by atoms with Gasteiger partial charge in [-0.2, -0.15) is 13.2 Å². The third kappa shape index (κ3) is 4.44. The van der Waals surface area contributed by atoms with Crippen LogP contribution in [0.2, 0.25) is 0 Å². The van der Waals surface area contributed by atoms with E-state index in [0.717, 1.165) is 11.6 Å². The summed E-state index contributed by atoms with van der Waals surface area (Å²) in [6.07, 6.45) is -1.27. The van der Waals surface area contributed by atoms with Crippen molar-refractivity contribution in [1.29, 1.82) is 0 Å². The second-order valence-electron chi connectivity index (χ2n) is 7.14. The van der Waals surface area contributed by atoms with E-state index >= 15 is 0 Å². The highest BCUT2D eigenvalue weighted by molar-refractivity contribution is 5.97. The van der Waals surface area contributed by atoms with Gasteiger partial charge in [0.2, 0.25) is 5.91 Å². The summed E-state index contributed by atoms with van der Waals surface area (Å²) in [5, 5.41) is 3.08. The largest absolute Gasteiger partial charge is 0.417 e. The molecule has 31 heavy (non-hydrogen) atoms. The van der Waals surface area contributed by atoms with Crippen LogP contribution in [0.1, 0.15) is 11.1 Å². The van der Waals surface area contributed by atoms with Crippen molar-refractivity contribution in [2.75, 3.05) is 5.32 Å². The molecule has 1 atom stereocenters. The van der Waals surface area contributed by atoms with Crippen molar-refractivity contribution in [2.45, 2.75) is 18.6 Å². The summed E-state index contributed by atoms with van der Waals surface area (Å²) in [4.78, 5) is 19.5. The molecule has 0 radical (unpaired) electrons. The highest BCUT2D eigenvalue weighted by atomic mass is 19.4. The van der Waals surface area contributed by atoms with Crippen molar-refractivity contribution in [2.24, 2.45) is 5.73 Å². The van der Waals surface area contributed by atoms with Gasteiger partial charge in [0.1, 0.15) is 5.65 Å². The van der Waals surface area contributed by atoms with E-state index in [1.807, 2.05) is 30.3 Å². The number of carbonyl (C=O) groups excluding carboxylic acids is 1. The smallest absolute Gasteiger partial charge is 0.346 e. The van der Waals surface area contributed by atoms with Gasteiger partial charge in [-0.05, 0) is 47.4 Å². The van der Waals surface area contributed by atoms with E-state index in [9.17, 15) is 18.0 Å². The molecule has 0 bridgehead atoms. The number of pyridine rings is 1. The lowest BCUT2D eigenvalue weighted by Crippen LogP contribution is -2.37. The van der Waals surface area contributed by atoms with Gasteiger partial charge >= 0.3 is 6.18 Å². The topological polar surface area (TPSA) is 83.8 Å². The second kappa shape index (κ2) is 8.23. The number of nitrogens with zero attached hydrogens (tertiary/aromatic N) is 1. The molecule has 0 aliphatic carbocycles. The normalized spacial score (nSPS) is 12.6. The molecule has 4 N–H and O–H groups in total. The fourth-order valence-corrected chi connectivity index (χ4v) is 3.48. The molecule has 8 heteroatoms. The minimum absolute atomic E-state index is 0.00563. The number of aromatic nitrogens is 2. The first-order valence-corrected chi connectivity index (χ1v) is 9.57. The summed E-state index contributed by atoms with van der Waals surface area (Å²) >= 11 is 0. The van der Waals surface area contributed by atoms with Gasteiger partial charge in [-0.1, -0.05) is 36.4 Å². The SMILES string of the molecule is N[C@H](Cc1ccccc1)C(=O)Nc1ccc(-c2ccnc3[nH]ccc23)c(C(F)(F)F)c1. The molecule has 4 rings (SSSR count). The Morgan fingerprint density at radius 2 is 1.84 bits per heavy atom. The van der Waals surface area contributed by atoms with Crippen molar-refractivity contribution in [1.82, 2.24) is 9.97 Å². The maximum atomic E-state index is 13.9. The summed E-state index contributed by atoms with van der Waals surface area (Å²) in [6.45, 7) is 0. The second-order valence-corrected chi connectivity index (χ2v) is 7.14. The zero-order valence-corrected chi connectivity index (χ0v) is 16.3. The van der Waals surface area contributed by atoms with Gasteiger partial charge in [-0.25, -0.2) is 4.98 Å². The van der Waals surface area contributed by atoms with Crippen LogP contribution < -0.4 is 11.1 Å². The molecule has 2 aromatic heterocycles. The number of rotatable bonds is 5. The summed E-state index contributed by atoms with van der Waals surface area (Å²) in [6, 6.07) is 15.2. The van der Waals surface area contributed by atoms with Crippen LogP contribution in [-0.4, -0.2) is 21.9 Å². The molecule has 0 unspecified atom stereocenters. The number of hydrogen-bond donors (Lipinski definition) is 3. The molecule has 158 valence electrons. The average Bonchev–Trinajstić information content (AvgIpc) is 3.23. The number of anilines is 1. The van der Waals surface area contributed by atoms with Crippen molar-refractivity contribution in [3.63, 3.8) is 0 Å². The summed E-state index contributed by atoms with van der Waals surface area (Å²) < 4.78 is 41.6. The zero-order chi connectivity index (χ0) is 22.0. The average molecular weight is 424 g/mol. The van der Waals surface area contributed by atoms with E-state index < -0.39 is 23.7 Å². The third-order valence-corrected chi connectivity index (χ3v) is 4.98. The number of hydrogen-bond acceptors (Lipinski definition) is 3. The molecular formula is C23H19F3N4O. The maximum absolute atomic E-state index is 13.9. The lowest BCUT2D eigenvalue weighted by Gasteiger charge is -2.17. The number of H-pyrrole nitrogens is 1. The molecule has 2 aromatic carbocycles. The standard InChI is InChI=1S/C23H19F3N4O/c24-23(25,26)19-13-15(30-22(31)20(27)12-14-4-2-1-3-5-14)6-7-17(19)16-8-10-28-21-18(16)9-11-29-21/h1-11,13,20H,12,27H2,(H,28,29)(H,30,31)/t20-/m1/s1. The molecule has 0 saturated heterocycles. The number of halogens is 3. The van der Waals surface area contributed by atoms with Crippen LogP contribution in [0.15, 0.2) is 73.1 Å². The van der Waals surface area contributed by atoms with Gasteiger partial charge < -0.3 is 16.0 Å². The van der Waals surface area contributed by atoms with Crippen LogP contribution in [0.3, 0.4) is 0 Å². The Hall–Kier alpha value is -3.65. The fourth-order valence-electron chi connectivity index (χ4n) is 3.48. The van der Waals surface area contributed by atoms with E-state index in [-0.39, 0.29) is 17.7 Å². The van der Waals surface area contributed by atoms with E-state index in [0.29, 0.717) is 16.6 Å². The van der Waals surface area contributed by atoms with Crippen molar-refractivity contribution in [3.05, 3.63) is 84.2 Å². The Labute approximate surface area is 176 Å². The Morgan fingerprint density at radius 1 is 1.06 bits per heavy atom. The van der Waals surface area contributed by atoms with Crippen LogP contribution in [0.5, 0.6) is 0 Å². The van der Waals surface area contributed by atoms with Gasteiger partial charge in [-0.3, -0.25) is 4.79 Å². The molecule has 2 heterocycles. The van der Waals surface area contributed by atoms with Crippen LogP contribution in [-0.2, 0) is 17.4 Å². The highest BCUT2D eigenvalue weighted by Crippen LogP contribution is 2.40. The first-order chi connectivity index (χ1) is 14.8. The molecule has 0 aliphatic rings. The van der Waals surface area contributed by atoms with Crippen LogP contribution in [0, 0.1) is 0 Å². The van der Waals surface area contributed by atoms with Gasteiger partial charge in [0.15, 0.2) is 0 Å². The van der Waals surface area contributed by atoms with Gasteiger partial charge in [0.05, 0.1) is 11.6 Å². The molecule has 4 aromatic rings. The minimum atomic E-state index is -4.62. The lowest BCUT2D eigenvalue weighted by molar-refractivity contribution is -0.137. The van der Waals surface area contributed by atoms with Crippen molar-refractivity contribution >= 4 is 22.6 Å². The number of aromatic amines is 1. The summed E-state index contributed by atoms with van der Waals surface area (Å²) in [5.41, 5.74) is 6.89. The molecule has 0 saturated carbocycles. The van der Waals surface area contributed by atoms with Gasteiger partial charge in [0.25, 0.3) is 0 Å². The third-order valence-electron chi connectivity index (χ3n) is 4.98. The number of amides is 1. The van der Waals surface area contributed by atoms with E-state index in [1.54, 1.807) is 12.3 Å². The minimum Gasteiger partial charge on any atom is -0.346 e. The Bertz CT molecular complexity index is 1220. The monoisotopic (exact) mass is 424 g/mol. The summed E-state index contributed by atoms with van der Waals surface area (Å²) in [7, 11) is 0. The number of carbonyl (C=O) groups is 1. The number of benzene rings is 2. The predicted molar refractivity (Wildman–Crippen MR) is 113 cm³/mol. The lowest BCUT2D eigenvalue weighted by atomic mass is 9.97. The van der Waals surface area contributed by atoms with Gasteiger partial charge in [0, 0.05) is 23.5 Å². The molecular weight excluding hydrogens is 405 g/mol. The quantitative estimate of drug-likeness (QED) is 0.432. The summed E-state index contributed by atoms with van der Waals surface area (Å²) in [5.74, 6) is -0.554. The van der Waals surface area contributed by atoms with Crippen molar-refractivity contribution < 1.29 is 18.0 Å². The maximum Gasteiger partial charge on any atom is 0.417 e. The first kappa shape index (κ1) is 20.6. The molecule has 0 aliphatic heterocycles. The number of fused-ring (bicyclic) bond motifs is 1. The molecule has 1 amide bonds. The molecule has 0 fully saturated rings. The Kier molecular flexibility index (Phi) is 5.48. The van der Waals surface area contributed by atoms with Crippen LogP contribution >= 0.6 is 0 Å². The number of nitrogens with two attached hydrogens (primary N) is 1. The zero-order valence-electron chi connectivity index (χ0n) is 16.3. The highest BCUT2D eigenvalue weighted by Gasteiger charge is 2.34. The van der Waals surface area contributed by atoms with E-state index in [1.165, 1.54) is 24.4 Å². The molecule has 0 spiro atoms. The predicted octanol–water partition coefficient (Wildman–Crippen LogP) is 4.76.